The van der Waals surface area contributed by atoms with Crippen LogP contribution in [0.3, 0.4) is 0 Å². The molecule has 0 bridgehead atoms. The van der Waals surface area contributed by atoms with E-state index in [9.17, 15) is 4.79 Å². The van der Waals surface area contributed by atoms with Gasteiger partial charge >= 0.3 is 0 Å². The maximum absolute atomic E-state index is 9.81. The number of ether oxygens (including phenoxy) is 2. The van der Waals surface area contributed by atoms with Crippen LogP contribution < -0.4 is 9.47 Å². The molecule has 0 unspecified atom stereocenters. The lowest BCUT2D eigenvalue weighted by Gasteiger charge is -2.07. The third kappa shape index (κ3) is 16.7. The van der Waals surface area contributed by atoms with E-state index in [4.69, 9.17) is 9.47 Å². The Morgan fingerprint density at radius 1 is 0.913 bits per heavy atom. The molecule has 0 saturated carbocycles. The highest BCUT2D eigenvalue weighted by atomic mass is 16.5. The van der Waals surface area contributed by atoms with Crippen molar-refractivity contribution in [1.82, 2.24) is 0 Å². The van der Waals surface area contributed by atoms with Gasteiger partial charge in [0, 0.05) is 6.42 Å². The number of carbonyl (C=O) groups is 1. The van der Waals surface area contributed by atoms with Crippen LogP contribution in [0.5, 0.6) is 11.5 Å². The van der Waals surface area contributed by atoms with Crippen molar-refractivity contribution in [3.8, 4) is 11.5 Å². The van der Waals surface area contributed by atoms with Crippen molar-refractivity contribution in [2.45, 2.75) is 74.1 Å². The van der Waals surface area contributed by atoms with Crippen molar-refractivity contribution in [3.05, 3.63) is 23.8 Å². The monoisotopic (exact) mass is 326 g/mol. The van der Waals surface area contributed by atoms with Crippen LogP contribution in [0.4, 0.5) is 0 Å². The predicted molar refractivity (Wildman–Crippen MR) is 102 cm³/mol. The molecule has 0 aliphatic heterocycles. The number of rotatable bonds is 5. The van der Waals surface area contributed by atoms with Crippen LogP contribution >= 0.6 is 0 Å². The molecule has 3 heteroatoms. The fourth-order valence-corrected chi connectivity index (χ4v) is 1.10. The van der Waals surface area contributed by atoms with Gasteiger partial charge in [0.1, 0.15) is 5.78 Å². The highest BCUT2D eigenvalue weighted by Gasteiger charge is 2.02. The lowest BCUT2D eigenvalue weighted by molar-refractivity contribution is -0.116. The SMILES string of the molecule is CC.CCC(C)=O.CCCC.CCc1ccc(OC)c(OC)c1. The molecule has 0 fully saturated rings. The first kappa shape index (κ1) is 26.4. The Labute approximate surface area is 144 Å². The van der Waals surface area contributed by atoms with Crippen LogP contribution in [0.2, 0.25) is 0 Å². The van der Waals surface area contributed by atoms with Crippen molar-refractivity contribution in [2.24, 2.45) is 0 Å². The molecule has 1 aromatic carbocycles. The maximum atomic E-state index is 9.81. The number of ketones is 1. The van der Waals surface area contributed by atoms with Gasteiger partial charge < -0.3 is 14.3 Å². The van der Waals surface area contributed by atoms with Crippen LogP contribution in [-0.2, 0) is 11.2 Å². The van der Waals surface area contributed by atoms with E-state index in [1.807, 2.05) is 39.0 Å². The number of aryl methyl sites for hydroxylation is 1. The van der Waals surface area contributed by atoms with Crippen molar-refractivity contribution >= 4 is 5.78 Å². The number of hydrogen-bond donors (Lipinski definition) is 0. The van der Waals surface area contributed by atoms with E-state index in [0.717, 1.165) is 17.9 Å². The van der Waals surface area contributed by atoms with E-state index in [-0.39, 0.29) is 5.78 Å². The molecule has 1 rings (SSSR count). The number of carbonyl (C=O) groups excluding carboxylic acids is 1. The Bertz CT molecular complexity index is 371. The minimum Gasteiger partial charge on any atom is -0.493 e. The predicted octanol–water partition coefficient (Wildman–Crippen LogP) is 6.08. The summed E-state index contributed by atoms with van der Waals surface area (Å²) in [5, 5.41) is 0. The lowest BCUT2D eigenvalue weighted by atomic mass is 10.1. The average molecular weight is 327 g/mol. The summed E-state index contributed by atoms with van der Waals surface area (Å²) in [6.07, 6.45) is 4.32. The van der Waals surface area contributed by atoms with E-state index in [0.29, 0.717) is 6.42 Å². The van der Waals surface area contributed by atoms with Crippen molar-refractivity contribution < 1.29 is 14.3 Å². The molecule has 0 aromatic heterocycles. The summed E-state index contributed by atoms with van der Waals surface area (Å²) in [6.45, 7) is 13.9. The molecule has 0 aliphatic carbocycles. The lowest BCUT2D eigenvalue weighted by Crippen LogP contribution is -1.91. The summed E-state index contributed by atoms with van der Waals surface area (Å²) in [5.74, 6) is 1.84. The standard InChI is InChI=1S/C10H14O2.C4H8O.C4H10.C2H6/c1-4-8-5-6-9(11-2)10(7-8)12-3;1-3-4(2)5;1-3-4-2;1-2/h5-7H,4H2,1-3H3;3H2,1-2H3;3-4H2,1-2H3;1-2H3. The van der Waals surface area contributed by atoms with Crippen LogP contribution in [-0.4, -0.2) is 20.0 Å². The number of methoxy groups -OCH3 is 2. The zero-order chi connectivity index (χ0) is 18.7. The highest BCUT2D eigenvalue weighted by molar-refractivity contribution is 5.74. The maximum Gasteiger partial charge on any atom is 0.160 e. The van der Waals surface area contributed by atoms with Gasteiger partial charge in [-0.3, -0.25) is 0 Å². The van der Waals surface area contributed by atoms with Crippen molar-refractivity contribution in [3.63, 3.8) is 0 Å². The largest absolute Gasteiger partial charge is 0.493 e. The second-order valence-electron chi connectivity index (χ2n) is 4.60. The van der Waals surface area contributed by atoms with E-state index >= 15 is 0 Å². The fourth-order valence-electron chi connectivity index (χ4n) is 1.10. The third-order valence-electron chi connectivity index (χ3n) is 2.85. The van der Waals surface area contributed by atoms with Gasteiger partial charge in [-0.25, -0.2) is 0 Å². The molecular weight excluding hydrogens is 288 g/mol. The third-order valence-corrected chi connectivity index (χ3v) is 2.85. The van der Waals surface area contributed by atoms with E-state index in [1.54, 1.807) is 21.1 Å². The Morgan fingerprint density at radius 2 is 1.35 bits per heavy atom. The Hall–Kier alpha value is -1.51. The van der Waals surface area contributed by atoms with Crippen molar-refractivity contribution in [2.75, 3.05) is 14.2 Å². The molecular formula is C20H38O3. The van der Waals surface area contributed by atoms with Gasteiger partial charge in [0.15, 0.2) is 11.5 Å². The summed E-state index contributed by atoms with van der Waals surface area (Å²) in [5.41, 5.74) is 1.26. The van der Waals surface area contributed by atoms with Crippen LogP contribution in [0.1, 0.15) is 73.3 Å². The number of unbranched alkanes of at least 4 members (excludes halogenated alkanes) is 1. The average Bonchev–Trinajstić information content (AvgIpc) is 2.63. The second-order valence-corrected chi connectivity index (χ2v) is 4.60. The quantitative estimate of drug-likeness (QED) is 0.657. The first-order valence-electron chi connectivity index (χ1n) is 8.70. The van der Waals surface area contributed by atoms with Crippen LogP contribution in [0.25, 0.3) is 0 Å². The smallest absolute Gasteiger partial charge is 0.160 e. The summed E-state index contributed by atoms with van der Waals surface area (Å²) in [6, 6.07) is 5.97. The van der Waals surface area contributed by atoms with Gasteiger partial charge in [0.25, 0.3) is 0 Å². The molecule has 0 aliphatic rings. The number of hydrogen-bond acceptors (Lipinski definition) is 3. The molecule has 0 atom stereocenters. The second kappa shape index (κ2) is 20.5. The Kier molecular flexibility index (Phi) is 23.5. The molecule has 136 valence electrons. The zero-order valence-corrected chi connectivity index (χ0v) is 16.8. The van der Waals surface area contributed by atoms with Gasteiger partial charge in [-0.15, -0.1) is 0 Å². The van der Waals surface area contributed by atoms with E-state index < -0.39 is 0 Å². The van der Waals surface area contributed by atoms with Crippen LogP contribution in [0.15, 0.2) is 18.2 Å². The number of Topliss-reactive ketones (excluding diaryl/α,β-unsaturated/α-hetero) is 1. The summed E-state index contributed by atoms with van der Waals surface area (Å²) >= 11 is 0. The minimum absolute atomic E-state index is 0.255. The summed E-state index contributed by atoms with van der Waals surface area (Å²) in [7, 11) is 3.29. The van der Waals surface area contributed by atoms with Gasteiger partial charge in [-0.05, 0) is 31.0 Å². The van der Waals surface area contributed by atoms with E-state index in [1.165, 1.54) is 18.4 Å². The molecule has 0 radical (unpaired) electrons. The Morgan fingerprint density at radius 3 is 1.61 bits per heavy atom. The van der Waals surface area contributed by atoms with Crippen molar-refractivity contribution in [1.29, 1.82) is 0 Å². The van der Waals surface area contributed by atoms with Gasteiger partial charge in [0.05, 0.1) is 14.2 Å². The molecule has 0 amide bonds. The molecule has 23 heavy (non-hydrogen) atoms. The summed E-state index contributed by atoms with van der Waals surface area (Å²) < 4.78 is 10.3. The Balaban J connectivity index is -0.000000304. The first-order chi connectivity index (χ1) is 11.0. The van der Waals surface area contributed by atoms with E-state index in [2.05, 4.69) is 20.8 Å². The topological polar surface area (TPSA) is 35.5 Å². The molecule has 3 nitrogen and oxygen atoms in total. The van der Waals surface area contributed by atoms with Gasteiger partial charge in [-0.1, -0.05) is 60.5 Å². The fraction of sp³-hybridized carbons (Fsp3) is 0.650. The summed E-state index contributed by atoms with van der Waals surface area (Å²) in [4.78, 5) is 9.81. The highest BCUT2D eigenvalue weighted by Crippen LogP contribution is 2.27. The zero-order valence-electron chi connectivity index (χ0n) is 16.8. The minimum atomic E-state index is 0.255. The van der Waals surface area contributed by atoms with Gasteiger partial charge in [0.2, 0.25) is 0 Å². The van der Waals surface area contributed by atoms with Crippen LogP contribution in [0, 0.1) is 0 Å². The molecule has 0 N–H and O–H groups in total. The van der Waals surface area contributed by atoms with Gasteiger partial charge in [-0.2, -0.15) is 0 Å². The molecule has 0 heterocycles. The number of benzene rings is 1. The molecule has 0 spiro atoms. The molecule has 0 saturated heterocycles. The first-order valence-corrected chi connectivity index (χ1v) is 8.70. The normalized spacial score (nSPS) is 8.22. The molecule has 1 aromatic rings.